The number of likely N-dealkylation sites (N-methyl/N-ethyl adjacent to an activating group) is 1. The van der Waals surface area contributed by atoms with Crippen LogP contribution in [0, 0.1) is 13.8 Å². The third-order valence-electron chi connectivity index (χ3n) is 4.19. The normalized spacial score (nSPS) is 11.9. The van der Waals surface area contributed by atoms with Gasteiger partial charge in [-0.1, -0.05) is 29.8 Å². The topological polar surface area (TPSA) is 53.6 Å². The largest absolute Gasteiger partial charge is 0.497 e. The van der Waals surface area contributed by atoms with Gasteiger partial charge in [0.1, 0.15) is 5.75 Å². The van der Waals surface area contributed by atoms with Crippen LogP contribution >= 0.6 is 0 Å². The van der Waals surface area contributed by atoms with Crippen molar-refractivity contribution >= 4 is 11.7 Å². The Labute approximate surface area is 150 Å². The summed E-state index contributed by atoms with van der Waals surface area (Å²) in [5, 5.41) is 5.86. The fourth-order valence-corrected chi connectivity index (χ4v) is 2.74. The number of methoxy groups -OCH3 is 1. The Bertz CT molecular complexity index is 729. The Morgan fingerprint density at radius 1 is 1.16 bits per heavy atom. The van der Waals surface area contributed by atoms with Gasteiger partial charge in [-0.05, 0) is 57.3 Å². The van der Waals surface area contributed by atoms with E-state index in [2.05, 4.69) is 40.7 Å². The van der Waals surface area contributed by atoms with Crippen LogP contribution in [0.4, 0.5) is 10.5 Å². The van der Waals surface area contributed by atoms with Gasteiger partial charge in [0.15, 0.2) is 0 Å². The van der Waals surface area contributed by atoms with Gasteiger partial charge in [0.25, 0.3) is 0 Å². The minimum Gasteiger partial charge on any atom is -0.497 e. The van der Waals surface area contributed by atoms with E-state index in [9.17, 15) is 4.79 Å². The number of rotatable bonds is 6. The van der Waals surface area contributed by atoms with Crippen molar-refractivity contribution < 1.29 is 9.53 Å². The van der Waals surface area contributed by atoms with Gasteiger partial charge in [0, 0.05) is 12.2 Å². The molecular weight excluding hydrogens is 314 g/mol. The molecule has 2 N–H and O–H groups in total. The highest BCUT2D eigenvalue weighted by Gasteiger charge is 2.15. The lowest BCUT2D eigenvalue weighted by molar-refractivity contribution is 0.243. The molecule has 0 bridgehead atoms. The lowest BCUT2D eigenvalue weighted by Gasteiger charge is -2.25. The SMILES string of the molecule is COc1ccc(NC(=O)NC[C@H](c2cccc(C)c2)N(C)C)c(C)c1. The molecule has 0 aliphatic carbocycles. The number of carbonyl (C=O) groups excluding carboxylic acids is 1. The average Bonchev–Trinajstić information content (AvgIpc) is 2.56. The molecule has 25 heavy (non-hydrogen) atoms. The minimum atomic E-state index is -0.215. The Morgan fingerprint density at radius 2 is 1.92 bits per heavy atom. The van der Waals surface area contributed by atoms with E-state index in [0.29, 0.717) is 6.54 Å². The van der Waals surface area contributed by atoms with Crippen LogP contribution in [-0.4, -0.2) is 38.7 Å². The maximum atomic E-state index is 12.3. The monoisotopic (exact) mass is 341 g/mol. The zero-order chi connectivity index (χ0) is 18.4. The molecule has 0 fully saturated rings. The lowest BCUT2D eigenvalue weighted by Crippen LogP contribution is -2.37. The highest BCUT2D eigenvalue weighted by Crippen LogP contribution is 2.21. The van der Waals surface area contributed by atoms with Crippen LogP contribution in [0.25, 0.3) is 0 Å². The summed E-state index contributed by atoms with van der Waals surface area (Å²) in [7, 11) is 5.65. The van der Waals surface area contributed by atoms with E-state index in [1.807, 2.05) is 45.3 Å². The highest BCUT2D eigenvalue weighted by atomic mass is 16.5. The standard InChI is InChI=1S/C20H27N3O2/c1-14-7-6-8-16(11-14)19(23(3)4)13-21-20(24)22-18-10-9-17(25-5)12-15(18)2/h6-12,19H,13H2,1-5H3,(H2,21,22,24)/t19-/m1/s1. The lowest BCUT2D eigenvalue weighted by atomic mass is 10.0. The molecule has 2 aromatic rings. The van der Waals surface area contributed by atoms with Gasteiger partial charge >= 0.3 is 6.03 Å². The summed E-state index contributed by atoms with van der Waals surface area (Å²) < 4.78 is 5.19. The first-order valence-electron chi connectivity index (χ1n) is 8.33. The number of anilines is 1. The van der Waals surface area contributed by atoms with E-state index in [1.165, 1.54) is 11.1 Å². The van der Waals surface area contributed by atoms with Gasteiger partial charge in [-0.25, -0.2) is 4.79 Å². The number of benzene rings is 2. The molecule has 2 amide bonds. The Balaban J connectivity index is 1.99. The van der Waals surface area contributed by atoms with Crippen LogP contribution < -0.4 is 15.4 Å². The summed E-state index contributed by atoms with van der Waals surface area (Å²) in [5.74, 6) is 0.774. The van der Waals surface area contributed by atoms with Crippen molar-refractivity contribution in [2.45, 2.75) is 19.9 Å². The summed E-state index contributed by atoms with van der Waals surface area (Å²) in [6.07, 6.45) is 0. The number of urea groups is 1. The average molecular weight is 341 g/mol. The van der Waals surface area contributed by atoms with Crippen LogP contribution in [0.15, 0.2) is 42.5 Å². The molecule has 0 spiro atoms. The predicted octanol–water partition coefficient (Wildman–Crippen LogP) is 3.74. The van der Waals surface area contributed by atoms with E-state index < -0.39 is 0 Å². The zero-order valence-electron chi connectivity index (χ0n) is 15.6. The van der Waals surface area contributed by atoms with E-state index in [1.54, 1.807) is 7.11 Å². The Morgan fingerprint density at radius 3 is 2.52 bits per heavy atom. The van der Waals surface area contributed by atoms with Gasteiger partial charge in [-0.15, -0.1) is 0 Å². The Hall–Kier alpha value is -2.53. The van der Waals surface area contributed by atoms with Gasteiger partial charge in [-0.3, -0.25) is 0 Å². The van der Waals surface area contributed by atoms with Gasteiger partial charge in [0.05, 0.1) is 13.2 Å². The molecule has 5 heteroatoms. The minimum absolute atomic E-state index is 0.114. The van der Waals surface area contributed by atoms with Crippen molar-refractivity contribution in [3.63, 3.8) is 0 Å². The van der Waals surface area contributed by atoms with Crippen molar-refractivity contribution in [1.82, 2.24) is 10.2 Å². The van der Waals surface area contributed by atoms with Gasteiger partial charge < -0.3 is 20.3 Å². The molecule has 0 unspecified atom stereocenters. The smallest absolute Gasteiger partial charge is 0.319 e. The number of aryl methyl sites for hydroxylation is 2. The van der Waals surface area contributed by atoms with E-state index in [4.69, 9.17) is 4.74 Å². The van der Waals surface area contributed by atoms with Crippen molar-refractivity contribution in [2.75, 3.05) is 33.1 Å². The number of nitrogens with one attached hydrogen (secondary N) is 2. The quantitative estimate of drug-likeness (QED) is 0.842. The first-order valence-corrected chi connectivity index (χ1v) is 8.33. The molecule has 0 aliphatic heterocycles. The molecule has 5 nitrogen and oxygen atoms in total. The van der Waals surface area contributed by atoms with E-state index >= 15 is 0 Å². The highest BCUT2D eigenvalue weighted by molar-refractivity contribution is 5.90. The molecule has 0 saturated heterocycles. The second-order valence-corrected chi connectivity index (χ2v) is 6.41. The molecule has 0 saturated carbocycles. The number of hydrogen-bond acceptors (Lipinski definition) is 3. The maximum Gasteiger partial charge on any atom is 0.319 e. The van der Waals surface area contributed by atoms with E-state index in [0.717, 1.165) is 17.0 Å². The van der Waals surface area contributed by atoms with Gasteiger partial charge in [-0.2, -0.15) is 0 Å². The number of hydrogen-bond donors (Lipinski definition) is 2. The molecule has 0 aliphatic rings. The van der Waals surface area contributed by atoms with Crippen LogP contribution in [-0.2, 0) is 0 Å². The zero-order valence-corrected chi connectivity index (χ0v) is 15.6. The molecule has 2 rings (SSSR count). The second-order valence-electron chi connectivity index (χ2n) is 6.41. The molecular formula is C20H27N3O2. The summed E-state index contributed by atoms with van der Waals surface area (Å²) in [4.78, 5) is 14.4. The number of carbonyl (C=O) groups is 1. The molecule has 134 valence electrons. The fourth-order valence-electron chi connectivity index (χ4n) is 2.74. The summed E-state index contributed by atoms with van der Waals surface area (Å²) >= 11 is 0. The van der Waals surface area contributed by atoms with Crippen molar-refractivity contribution in [3.05, 3.63) is 59.2 Å². The number of ether oxygens (including phenoxy) is 1. The first-order chi connectivity index (χ1) is 11.9. The van der Waals surface area contributed by atoms with Crippen LogP contribution in [0.3, 0.4) is 0 Å². The third-order valence-corrected chi connectivity index (χ3v) is 4.19. The summed E-state index contributed by atoms with van der Waals surface area (Å²) in [6, 6.07) is 13.8. The predicted molar refractivity (Wildman–Crippen MR) is 102 cm³/mol. The number of nitrogens with zero attached hydrogens (tertiary/aromatic N) is 1. The molecule has 2 aromatic carbocycles. The Kier molecular flexibility index (Phi) is 6.42. The van der Waals surface area contributed by atoms with Crippen LogP contribution in [0.2, 0.25) is 0 Å². The van der Waals surface area contributed by atoms with Crippen LogP contribution in [0.5, 0.6) is 5.75 Å². The van der Waals surface area contributed by atoms with Crippen molar-refractivity contribution in [2.24, 2.45) is 0 Å². The molecule has 0 heterocycles. The van der Waals surface area contributed by atoms with Crippen molar-refractivity contribution in [3.8, 4) is 5.75 Å². The number of amides is 2. The molecule has 0 radical (unpaired) electrons. The summed E-state index contributed by atoms with van der Waals surface area (Å²) in [6.45, 7) is 4.54. The van der Waals surface area contributed by atoms with E-state index in [-0.39, 0.29) is 12.1 Å². The van der Waals surface area contributed by atoms with Gasteiger partial charge in [0.2, 0.25) is 0 Å². The first kappa shape index (κ1) is 18.8. The fraction of sp³-hybridized carbons (Fsp3) is 0.350. The second kappa shape index (κ2) is 8.53. The van der Waals surface area contributed by atoms with Crippen molar-refractivity contribution in [1.29, 1.82) is 0 Å². The third kappa shape index (κ3) is 5.22. The maximum absolute atomic E-state index is 12.3. The molecule has 0 aromatic heterocycles. The van der Waals surface area contributed by atoms with Crippen LogP contribution in [0.1, 0.15) is 22.7 Å². The summed E-state index contributed by atoms with van der Waals surface area (Å²) in [5.41, 5.74) is 4.13. The molecule has 1 atom stereocenters.